The predicted octanol–water partition coefficient (Wildman–Crippen LogP) is 5.33. The number of hydrogen-bond acceptors (Lipinski definition) is 4. The summed E-state index contributed by atoms with van der Waals surface area (Å²) in [6, 6.07) is 20.4. The van der Waals surface area contributed by atoms with Crippen LogP contribution in [0.1, 0.15) is 43.7 Å². The summed E-state index contributed by atoms with van der Waals surface area (Å²) in [6.07, 6.45) is 3.93. The highest BCUT2D eigenvalue weighted by Crippen LogP contribution is 2.23. The van der Waals surface area contributed by atoms with Gasteiger partial charge in [0, 0.05) is 23.1 Å². The van der Waals surface area contributed by atoms with Gasteiger partial charge in [0.1, 0.15) is 11.9 Å². The van der Waals surface area contributed by atoms with Gasteiger partial charge in [0.15, 0.2) is 0 Å². The summed E-state index contributed by atoms with van der Waals surface area (Å²) in [6.45, 7) is 3.86. The molecule has 0 saturated carbocycles. The molecule has 37 heavy (non-hydrogen) atoms. The highest BCUT2D eigenvalue weighted by atomic mass is 79.9. The Balaban J connectivity index is 1.34. The van der Waals surface area contributed by atoms with E-state index in [1.165, 1.54) is 0 Å². The maximum absolute atomic E-state index is 13.3. The summed E-state index contributed by atoms with van der Waals surface area (Å²) in [7, 11) is 0. The molecule has 2 heterocycles. The predicted molar refractivity (Wildman–Crippen MR) is 146 cm³/mol. The van der Waals surface area contributed by atoms with E-state index in [0.717, 1.165) is 22.2 Å². The SMILES string of the molecule is Cc1ccc2nc(C(COCc3ccccc3)NC(=O)c3ccc(C(=O)N4CC=CC4)c(Br)c3)[nH]c2c1. The van der Waals surface area contributed by atoms with E-state index in [0.29, 0.717) is 41.1 Å². The lowest BCUT2D eigenvalue weighted by Crippen LogP contribution is -2.32. The van der Waals surface area contributed by atoms with Crippen LogP contribution in [0.2, 0.25) is 0 Å². The lowest BCUT2D eigenvalue weighted by Gasteiger charge is -2.18. The van der Waals surface area contributed by atoms with Gasteiger partial charge in [0.25, 0.3) is 11.8 Å². The van der Waals surface area contributed by atoms with E-state index in [-0.39, 0.29) is 18.4 Å². The van der Waals surface area contributed by atoms with Crippen molar-refractivity contribution in [3.63, 3.8) is 0 Å². The normalized spacial score (nSPS) is 13.7. The molecule has 0 bridgehead atoms. The molecule has 2 N–H and O–H groups in total. The van der Waals surface area contributed by atoms with Gasteiger partial charge in [-0.25, -0.2) is 4.98 Å². The zero-order chi connectivity index (χ0) is 25.8. The van der Waals surface area contributed by atoms with Gasteiger partial charge in [-0.1, -0.05) is 48.6 Å². The van der Waals surface area contributed by atoms with E-state index in [4.69, 9.17) is 9.72 Å². The molecule has 1 atom stereocenters. The Bertz CT molecular complexity index is 1460. The van der Waals surface area contributed by atoms with Gasteiger partial charge in [0.05, 0.1) is 29.8 Å². The molecule has 1 aliphatic heterocycles. The minimum atomic E-state index is -0.500. The molecule has 0 aliphatic carbocycles. The average molecular weight is 559 g/mol. The molecule has 1 unspecified atom stereocenters. The summed E-state index contributed by atoms with van der Waals surface area (Å²) in [5.41, 5.74) is 4.85. The van der Waals surface area contributed by atoms with Crippen molar-refractivity contribution in [2.24, 2.45) is 0 Å². The highest BCUT2D eigenvalue weighted by molar-refractivity contribution is 9.10. The molecule has 0 spiro atoms. The Morgan fingerprint density at radius 1 is 1.08 bits per heavy atom. The number of halogens is 1. The van der Waals surface area contributed by atoms with Gasteiger partial charge in [-0.3, -0.25) is 9.59 Å². The van der Waals surface area contributed by atoms with Crippen LogP contribution in [-0.4, -0.2) is 46.4 Å². The number of imidazole rings is 1. The van der Waals surface area contributed by atoms with E-state index in [9.17, 15) is 9.59 Å². The Labute approximate surface area is 223 Å². The van der Waals surface area contributed by atoms with Crippen LogP contribution in [0.15, 0.2) is 83.4 Å². The van der Waals surface area contributed by atoms with Crippen molar-refractivity contribution in [2.45, 2.75) is 19.6 Å². The maximum Gasteiger partial charge on any atom is 0.255 e. The molecule has 0 fully saturated rings. The number of aromatic amines is 1. The number of rotatable bonds is 8. The summed E-state index contributed by atoms with van der Waals surface area (Å²) in [5.74, 6) is 0.260. The molecule has 0 radical (unpaired) electrons. The van der Waals surface area contributed by atoms with E-state index in [1.54, 1.807) is 23.1 Å². The Morgan fingerprint density at radius 2 is 1.86 bits per heavy atom. The summed E-state index contributed by atoms with van der Waals surface area (Å²) < 4.78 is 6.56. The molecular weight excluding hydrogens is 532 g/mol. The fourth-order valence-electron chi connectivity index (χ4n) is 4.25. The second-order valence-corrected chi connectivity index (χ2v) is 9.90. The van der Waals surface area contributed by atoms with Gasteiger partial charge in [-0.15, -0.1) is 0 Å². The molecule has 0 saturated heterocycles. The number of fused-ring (bicyclic) bond motifs is 1. The molecule has 7 nitrogen and oxygen atoms in total. The monoisotopic (exact) mass is 558 g/mol. The van der Waals surface area contributed by atoms with E-state index >= 15 is 0 Å². The van der Waals surface area contributed by atoms with Crippen molar-refractivity contribution >= 4 is 38.8 Å². The van der Waals surface area contributed by atoms with Gasteiger partial charge in [-0.2, -0.15) is 0 Å². The first kappa shape index (κ1) is 24.9. The fraction of sp³-hybridized carbons (Fsp3) is 0.207. The molecule has 1 aromatic heterocycles. The first-order valence-electron chi connectivity index (χ1n) is 12.1. The summed E-state index contributed by atoms with van der Waals surface area (Å²) in [5, 5.41) is 3.06. The zero-order valence-electron chi connectivity index (χ0n) is 20.4. The number of aromatic nitrogens is 2. The van der Waals surface area contributed by atoms with Crippen LogP contribution in [0.3, 0.4) is 0 Å². The van der Waals surface area contributed by atoms with Crippen LogP contribution in [-0.2, 0) is 11.3 Å². The number of carbonyl (C=O) groups excluding carboxylic acids is 2. The zero-order valence-corrected chi connectivity index (χ0v) is 22.0. The largest absolute Gasteiger partial charge is 0.374 e. The lowest BCUT2D eigenvalue weighted by atomic mass is 10.1. The Hall–Kier alpha value is -3.75. The van der Waals surface area contributed by atoms with Crippen LogP contribution < -0.4 is 5.32 Å². The van der Waals surface area contributed by atoms with Gasteiger partial charge in [0.2, 0.25) is 0 Å². The quantitative estimate of drug-likeness (QED) is 0.286. The van der Waals surface area contributed by atoms with Crippen molar-refractivity contribution in [2.75, 3.05) is 19.7 Å². The molecule has 8 heteroatoms. The number of carbonyl (C=O) groups is 2. The third-order valence-corrected chi connectivity index (χ3v) is 6.91. The van der Waals surface area contributed by atoms with Crippen molar-refractivity contribution in [3.05, 3.63) is 111 Å². The van der Waals surface area contributed by atoms with E-state index in [2.05, 4.69) is 26.2 Å². The molecule has 2 amide bonds. The van der Waals surface area contributed by atoms with Crippen molar-refractivity contribution in [1.82, 2.24) is 20.2 Å². The number of hydrogen-bond donors (Lipinski definition) is 2. The lowest BCUT2D eigenvalue weighted by molar-refractivity contribution is 0.0782. The van der Waals surface area contributed by atoms with Crippen LogP contribution in [0.5, 0.6) is 0 Å². The molecule has 3 aromatic carbocycles. The maximum atomic E-state index is 13.3. The summed E-state index contributed by atoms with van der Waals surface area (Å²) >= 11 is 3.48. The van der Waals surface area contributed by atoms with Crippen LogP contribution in [0.25, 0.3) is 11.0 Å². The van der Waals surface area contributed by atoms with E-state index in [1.807, 2.05) is 67.6 Å². The van der Waals surface area contributed by atoms with Gasteiger partial charge in [-0.05, 0) is 64.3 Å². The number of benzene rings is 3. The summed E-state index contributed by atoms with van der Waals surface area (Å²) in [4.78, 5) is 35.9. The average Bonchev–Trinajstić information content (AvgIpc) is 3.58. The number of H-pyrrole nitrogens is 1. The molecule has 188 valence electrons. The molecule has 5 rings (SSSR count). The van der Waals surface area contributed by atoms with E-state index < -0.39 is 6.04 Å². The molecule has 4 aromatic rings. The number of ether oxygens (including phenoxy) is 1. The van der Waals surface area contributed by atoms with Crippen molar-refractivity contribution in [1.29, 1.82) is 0 Å². The smallest absolute Gasteiger partial charge is 0.255 e. The van der Waals surface area contributed by atoms with Crippen molar-refractivity contribution in [3.8, 4) is 0 Å². The number of aryl methyl sites for hydroxylation is 1. The number of nitrogens with zero attached hydrogens (tertiary/aromatic N) is 2. The Morgan fingerprint density at radius 3 is 2.62 bits per heavy atom. The molecule has 1 aliphatic rings. The first-order valence-corrected chi connectivity index (χ1v) is 12.9. The third kappa shape index (κ3) is 5.81. The highest BCUT2D eigenvalue weighted by Gasteiger charge is 2.23. The second-order valence-electron chi connectivity index (χ2n) is 9.05. The van der Waals surface area contributed by atoms with Crippen LogP contribution >= 0.6 is 15.9 Å². The minimum absolute atomic E-state index is 0.0754. The third-order valence-electron chi connectivity index (χ3n) is 6.25. The van der Waals surface area contributed by atoms with Crippen LogP contribution in [0, 0.1) is 6.92 Å². The molecular formula is C29H27BrN4O3. The Kier molecular flexibility index (Phi) is 7.48. The van der Waals surface area contributed by atoms with Crippen molar-refractivity contribution < 1.29 is 14.3 Å². The van der Waals surface area contributed by atoms with Crippen LogP contribution in [0.4, 0.5) is 0 Å². The van der Waals surface area contributed by atoms with Gasteiger partial charge >= 0.3 is 0 Å². The number of amides is 2. The topological polar surface area (TPSA) is 87.3 Å². The fourth-order valence-corrected chi connectivity index (χ4v) is 4.80. The number of nitrogens with one attached hydrogen (secondary N) is 2. The first-order chi connectivity index (χ1) is 18.0. The van der Waals surface area contributed by atoms with Gasteiger partial charge < -0.3 is 19.9 Å². The minimum Gasteiger partial charge on any atom is -0.374 e. The second kappa shape index (κ2) is 11.1. The standard InChI is InChI=1S/C29H27BrN4O3/c1-19-9-12-24-25(15-19)32-27(31-24)26(18-37-17-20-7-3-2-4-8-20)33-28(35)21-10-11-22(23(30)16-21)29(36)34-13-5-6-14-34/h2-12,15-16,26H,13-14,17-18H2,1H3,(H,31,32)(H,33,35).